The molecule has 0 unspecified atom stereocenters. The molecule has 2 N–H and O–H groups in total. The number of rotatable bonds is 2. The van der Waals surface area contributed by atoms with Crippen LogP contribution >= 0.6 is 0 Å². The van der Waals surface area contributed by atoms with Crippen LogP contribution < -0.4 is 0 Å². The van der Waals surface area contributed by atoms with Crippen LogP contribution in [-0.4, -0.2) is 10.2 Å². The molecule has 2 nitrogen and oxygen atoms in total. The molecule has 2 aromatic rings. The summed E-state index contributed by atoms with van der Waals surface area (Å²) in [5.41, 5.74) is 3.74. The van der Waals surface area contributed by atoms with E-state index in [0.29, 0.717) is 0 Å². The first kappa shape index (κ1) is 14.3. The van der Waals surface area contributed by atoms with Crippen molar-refractivity contribution < 1.29 is 10.2 Å². The molecule has 0 spiro atoms. The highest BCUT2D eigenvalue weighted by Crippen LogP contribution is 2.15. The Balaban J connectivity index is 2.09. The average Bonchev–Trinajstić information content (AvgIpc) is 2.46. The predicted molar refractivity (Wildman–Crippen MR) is 80.1 cm³/mol. The Morgan fingerprint density at radius 3 is 1.25 bits per heavy atom. The van der Waals surface area contributed by atoms with Gasteiger partial charge in [0.15, 0.2) is 0 Å². The summed E-state index contributed by atoms with van der Waals surface area (Å²) in [6, 6.07) is 15.1. The lowest BCUT2D eigenvalue weighted by atomic mass is 10.1. The van der Waals surface area contributed by atoms with Crippen molar-refractivity contribution in [1.82, 2.24) is 0 Å². The summed E-state index contributed by atoms with van der Waals surface area (Å²) in [4.78, 5) is 0. The monoisotopic (exact) mass is 266 g/mol. The number of aliphatic hydroxyl groups is 2. The molecule has 0 saturated carbocycles. The van der Waals surface area contributed by atoms with Crippen LogP contribution in [0.1, 0.15) is 34.5 Å². The minimum absolute atomic E-state index is 0.735. The van der Waals surface area contributed by atoms with Crippen LogP contribution in [0.5, 0.6) is 0 Å². The van der Waals surface area contributed by atoms with Crippen molar-refractivity contribution in [2.45, 2.75) is 26.1 Å². The first-order chi connectivity index (χ1) is 9.56. The van der Waals surface area contributed by atoms with Gasteiger partial charge in [0.1, 0.15) is 12.2 Å². The van der Waals surface area contributed by atoms with Crippen molar-refractivity contribution in [3.8, 4) is 11.8 Å². The summed E-state index contributed by atoms with van der Waals surface area (Å²) in [7, 11) is 0. The van der Waals surface area contributed by atoms with Crippen molar-refractivity contribution in [3.05, 3.63) is 70.8 Å². The number of aliphatic hydroxyl groups excluding tert-OH is 2. The fourth-order valence-electron chi connectivity index (χ4n) is 1.82. The van der Waals surface area contributed by atoms with Crippen molar-refractivity contribution in [2.24, 2.45) is 0 Å². The van der Waals surface area contributed by atoms with Crippen molar-refractivity contribution in [1.29, 1.82) is 0 Å². The molecule has 2 aromatic carbocycles. The van der Waals surface area contributed by atoms with Crippen LogP contribution in [0, 0.1) is 25.7 Å². The molecule has 0 aliphatic carbocycles. The van der Waals surface area contributed by atoms with Crippen LogP contribution in [0.2, 0.25) is 0 Å². The highest BCUT2D eigenvalue weighted by molar-refractivity contribution is 5.32. The van der Waals surface area contributed by atoms with Crippen LogP contribution in [0.3, 0.4) is 0 Å². The van der Waals surface area contributed by atoms with Gasteiger partial charge in [0, 0.05) is 0 Å². The van der Waals surface area contributed by atoms with Gasteiger partial charge in [-0.25, -0.2) is 0 Å². The van der Waals surface area contributed by atoms with Gasteiger partial charge in [0.2, 0.25) is 0 Å². The van der Waals surface area contributed by atoms with Gasteiger partial charge in [-0.2, -0.15) is 0 Å². The second kappa shape index (κ2) is 6.38. The third-order valence-corrected chi connectivity index (χ3v) is 3.14. The summed E-state index contributed by atoms with van der Waals surface area (Å²) in [5, 5.41) is 19.9. The molecule has 0 aromatic heterocycles. The van der Waals surface area contributed by atoms with E-state index in [2.05, 4.69) is 11.8 Å². The van der Waals surface area contributed by atoms with Gasteiger partial charge < -0.3 is 10.2 Å². The van der Waals surface area contributed by atoms with E-state index in [9.17, 15) is 10.2 Å². The van der Waals surface area contributed by atoms with Crippen LogP contribution in [-0.2, 0) is 0 Å². The molecule has 0 saturated heterocycles. The van der Waals surface area contributed by atoms with Gasteiger partial charge >= 0.3 is 0 Å². The molecule has 0 aliphatic heterocycles. The molecule has 2 atom stereocenters. The normalized spacial score (nSPS) is 13.2. The maximum Gasteiger partial charge on any atom is 0.140 e. The number of hydrogen-bond acceptors (Lipinski definition) is 2. The van der Waals surface area contributed by atoms with Gasteiger partial charge in [0.25, 0.3) is 0 Å². The standard InChI is InChI=1S/C18H18O2/c1-13-3-7-15(8-4-13)17(19)11-12-18(20)16-9-5-14(2)6-10-16/h3-10,17-20H,1-2H3/t17-,18+. The maximum atomic E-state index is 9.97. The SMILES string of the molecule is Cc1ccc([C@H](O)C#C[C@H](O)c2ccc(C)cc2)cc1. The van der Waals surface area contributed by atoms with Crippen molar-refractivity contribution in [3.63, 3.8) is 0 Å². The van der Waals surface area contributed by atoms with E-state index in [1.807, 2.05) is 62.4 Å². The van der Waals surface area contributed by atoms with Gasteiger partial charge in [-0.3, -0.25) is 0 Å². The molecular formula is C18H18O2. The second-order valence-electron chi connectivity index (χ2n) is 4.92. The van der Waals surface area contributed by atoms with Crippen LogP contribution in [0.15, 0.2) is 48.5 Å². The summed E-state index contributed by atoms with van der Waals surface area (Å²) in [6.07, 6.45) is -1.76. The Labute approximate surface area is 119 Å². The van der Waals surface area contributed by atoms with Gasteiger partial charge in [-0.1, -0.05) is 71.5 Å². The Hall–Kier alpha value is -2.08. The van der Waals surface area contributed by atoms with E-state index in [-0.39, 0.29) is 0 Å². The van der Waals surface area contributed by atoms with Crippen LogP contribution in [0.25, 0.3) is 0 Å². The smallest absolute Gasteiger partial charge is 0.140 e. The van der Waals surface area contributed by atoms with E-state index in [0.717, 1.165) is 22.3 Å². The predicted octanol–water partition coefficient (Wildman–Crippen LogP) is 3.07. The highest BCUT2D eigenvalue weighted by atomic mass is 16.3. The molecule has 102 valence electrons. The topological polar surface area (TPSA) is 40.5 Å². The minimum atomic E-state index is -0.879. The maximum absolute atomic E-state index is 9.97. The van der Waals surface area contributed by atoms with Crippen LogP contribution in [0.4, 0.5) is 0 Å². The largest absolute Gasteiger partial charge is 0.376 e. The van der Waals surface area contributed by atoms with E-state index >= 15 is 0 Å². The molecule has 0 aliphatic rings. The Kier molecular flexibility index (Phi) is 4.57. The summed E-state index contributed by atoms with van der Waals surface area (Å²) < 4.78 is 0. The van der Waals surface area contributed by atoms with E-state index in [4.69, 9.17) is 0 Å². The minimum Gasteiger partial charge on any atom is -0.376 e. The van der Waals surface area contributed by atoms with Crippen molar-refractivity contribution >= 4 is 0 Å². The van der Waals surface area contributed by atoms with E-state index in [1.54, 1.807) is 0 Å². The van der Waals surface area contributed by atoms with E-state index < -0.39 is 12.2 Å². The Morgan fingerprint density at radius 1 is 0.650 bits per heavy atom. The molecule has 0 heterocycles. The first-order valence-corrected chi connectivity index (χ1v) is 6.56. The second-order valence-corrected chi connectivity index (χ2v) is 4.92. The quantitative estimate of drug-likeness (QED) is 0.820. The molecule has 20 heavy (non-hydrogen) atoms. The lowest BCUT2D eigenvalue weighted by molar-refractivity contribution is 0.227. The molecule has 2 rings (SSSR count). The highest BCUT2D eigenvalue weighted by Gasteiger charge is 2.05. The van der Waals surface area contributed by atoms with Gasteiger partial charge in [-0.05, 0) is 25.0 Å². The third kappa shape index (κ3) is 3.71. The average molecular weight is 266 g/mol. The summed E-state index contributed by atoms with van der Waals surface area (Å²) in [6.45, 7) is 3.98. The Morgan fingerprint density at radius 2 is 0.950 bits per heavy atom. The molecular weight excluding hydrogens is 248 g/mol. The number of aryl methyl sites for hydroxylation is 2. The molecule has 0 radical (unpaired) electrons. The third-order valence-electron chi connectivity index (χ3n) is 3.14. The molecule has 0 fully saturated rings. The van der Waals surface area contributed by atoms with Gasteiger partial charge in [0.05, 0.1) is 0 Å². The molecule has 0 amide bonds. The zero-order chi connectivity index (χ0) is 14.5. The van der Waals surface area contributed by atoms with Crippen molar-refractivity contribution in [2.75, 3.05) is 0 Å². The lowest BCUT2D eigenvalue weighted by Gasteiger charge is -2.06. The number of benzene rings is 2. The van der Waals surface area contributed by atoms with Gasteiger partial charge in [-0.15, -0.1) is 0 Å². The molecule has 2 heteroatoms. The summed E-state index contributed by atoms with van der Waals surface area (Å²) >= 11 is 0. The molecule has 0 bridgehead atoms. The summed E-state index contributed by atoms with van der Waals surface area (Å²) in [5.74, 6) is 5.37. The lowest BCUT2D eigenvalue weighted by Crippen LogP contribution is -1.97. The van der Waals surface area contributed by atoms with E-state index in [1.165, 1.54) is 0 Å². The number of hydrogen-bond donors (Lipinski definition) is 2. The Bertz CT molecular complexity index is 560. The fourth-order valence-corrected chi connectivity index (χ4v) is 1.82. The fraction of sp³-hybridized carbons (Fsp3) is 0.222. The zero-order valence-electron chi connectivity index (χ0n) is 11.7. The zero-order valence-corrected chi connectivity index (χ0v) is 11.7. The first-order valence-electron chi connectivity index (χ1n) is 6.56.